The molecule has 0 aliphatic carbocycles. The first-order valence-electron chi connectivity index (χ1n) is 7.40. The summed E-state index contributed by atoms with van der Waals surface area (Å²) >= 11 is 0. The predicted octanol–water partition coefficient (Wildman–Crippen LogP) is 3.61. The number of hydrogen-bond acceptors (Lipinski definition) is 4. The number of piperidine rings is 1. The quantitative estimate of drug-likeness (QED) is 0.718. The molecular formula is C17H17N3O. The number of fused-ring (bicyclic) bond motifs is 1. The van der Waals surface area contributed by atoms with Gasteiger partial charge in [0.15, 0.2) is 5.58 Å². The number of aromatic nitrogens is 2. The monoisotopic (exact) mass is 279 g/mol. The van der Waals surface area contributed by atoms with Crippen molar-refractivity contribution in [3.63, 3.8) is 0 Å². The van der Waals surface area contributed by atoms with Crippen LogP contribution in [0.5, 0.6) is 0 Å². The lowest BCUT2D eigenvalue weighted by molar-refractivity contribution is 0.469. The van der Waals surface area contributed by atoms with E-state index < -0.39 is 0 Å². The largest absolute Gasteiger partial charge is 0.423 e. The summed E-state index contributed by atoms with van der Waals surface area (Å²) in [6.07, 6.45) is 6.11. The normalized spacial score (nSPS) is 19.0. The Kier molecular flexibility index (Phi) is 3.07. The van der Waals surface area contributed by atoms with Gasteiger partial charge in [0.2, 0.25) is 0 Å². The molecule has 4 rings (SSSR count). The predicted molar refractivity (Wildman–Crippen MR) is 82.4 cm³/mol. The molecule has 0 amide bonds. The van der Waals surface area contributed by atoms with Crippen molar-refractivity contribution < 1.29 is 4.42 Å². The van der Waals surface area contributed by atoms with Gasteiger partial charge < -0.3 is 9.32 Å². The van der Waals surface area contributed by atoms with E-state index in [1.54, 1.807) is 0 Å². The van der Waals surface area contributed by atoms with Gasteiger partial charge in [0.25, 0.3) is 6.01 Å². The summed E-state index contributed by atoms with van der Waals surface area (Å²) in [5, 5.41) is 0. The van der Waals surface area contributed by atoms with Gasteiger partial charge >= 0.3 is 0 Å². The van der Waals surface area contributed by atoms with E-state index in [0.717, 1.165) is 36.6 Å². The first-order valence-corrected chi connectivity index (χ1v) is 7.40. The molecule has 4 nitrogen and oxygen atoms in total. The van der Waals surface area contributed by atoms with Crippen LogP contribution in [0.15, 0.2) is 53.2 Å². The van der Waals surface area contributed by atoms with Gasteiger partial charge in [-0.3, -0.25) is 4.98 Å². The number of benzene rings is 1. The summed E-state index contributed by atoms with van der Waals surface area (Å²) in [5.74, 6) is 0.525. The Bertz CT molecular complexity index is 705. The third kappa shape index (κ3) is 2.37. The van der Waals surface area contributed by atoms with Crippen molar-refractivity contribution in [2.75, 3.05) is 18.0 Å². The minimum atomic E-state index is 0.525. The Hall–Kier alpha value is -2.36. The van der Waals surface area contributed by atoms with Gasteiger partial charge in [0.05, 0.1) is 0 Å². The minimum absolute atomic E-state index is 0.525. The number of para-hydroxylation sites is 2. The molecule has 0 bridgehead atoms. The number of rotatable bonds is 2. The van der Waals surface area contributed by atoms with Crippen LogP contribution in [0.4, 0.5) is 6.01 Å². The van der Waals surface area contributed by atoms with Gasteiger partial charge in [-0.25, -0.2) is 0 Å². The van der Waals surface area contributed by atoms with Crippen LogP contribution in [0.3, 0.4) is 0 Å². The number of pyridine rings is 1. The van der Waals surface area contributed by atoms with E-state index in [0.29, 0.717) is 5.92 Å². The SMILES string of the molecule is c1ccc2oc(N3CCC[C@@H](c4ccncc4)C3)nc2c1. The van der Waals surface area contributed by atoms with E-state index in [4.69, 9.17) is 4.42 Å². The smallest absolute Gasteiger partial charge is 0.298 e. The molecule has 2 aromatic heterocycles. The van der Waals surface area contributed by atoms with E-state index in [9.17, 15) is 0 Å². The molecule has 1 aliphatic rings. The van der Waals surface area contributed by atoms with Crippen molar-refractivity contribution in [1.82, 2.24) is 9.97 Å². The maximum atomic E-state index is 5.89. The van der Waals surface area contributed by atoms with Gasteiger partial charge in [-0.2, -0.15) is 4.98 Å². The fraction of sp³-hybridized carbons (Fsp3) is 0.294. The second kappa shape index (κ2) is 5.20. The summed E-state index contributed by atoms with van der Waals surface area (Å²) in [6, 6.07) is 12.9. The highest BCUT2D eigenvalue weighted by Gasteiger charge is 2.24. The van der Waals surface area contributed by atoms with Crippen molar-refractivity contribution in [2.45, 2.75) is 18.8 Å². The average molecular weight is 279 g/mol. The molecule has 21 heavy (non-hydrogen) atoms. The van der Waals surface area contributed by atoms with E-state index >= 15 is 0 Å². The second-order valence-corrected chi connectivity index (χ2v) is 5.53. The van der Waals surface area contributed by atoms with E-state index in [-0.39, 0.29) is 0 Å². The van der Waals surface area contributed by atoms with Gasteiger partial charge in [-0.05, 0) is 42.7 Å². The fourth-order valence-electron chi connectivity index (χ4n) is 3.05. The Balaban J connectivity index is 1.60. The molecule has 4 heteroatoms. The highest BCUT2D eigenvalue weighted by molar-refractivity contribution is 5.74. The Morgan fingerprint density at radius 1 is 1.10 bits per heavy atom. The molecule has 3 heterocycles. The maximum Gasteiger partial charge on any atom is 0.298 e. The van der Waals surface area contributed by atoms with Gasteiger partial charge in [-0.1, -0.05) is 12.1 Å². The molecule has 0 saturated carbocycles. The lowest BCUT2D eigenvalue weighted by Gasteiger charge is -2.31. The van der Waals surface area contributed by atoms with Crippen LogP contribution in [0, 0.1) is 0 Å². The number of nitrogens with zero attached hydrogens (tertiary/aromatic N) is 3. The molecule has 0 radical (unpaired) electrons. The van der Waals surface area contributed by atoms with Gasteiger partial charge in [0.1, 0.15) is 5.52 Å². The van der Waals surface area contributed by atoms with Crippen molar-refractivity contribution in [2.24, 2.45) is 0 Å². The van der Waals surface area contributed by atoms with E-state index in [2.05, 4.69) is 27.0 Å². The molecule has 1 aliphatic heterocycles. The van der Waals surface area contributed by atoms with Crippen LogP contribution in [-0.4, -0.2) is 23.1 Å². The first-order chi connectivity index (χ1) is 10.4. The molecule has 0 spiro atoms. The van der Waals surface area contributed by atoms with Crippen molar-refractivity contribution >= 4 is 17.1 Å². The fourth-order valence-corrected chi connectivity index (χ4v) is 3.05. The summed E-state index contributed by atoms with van der Waals surface area (Å²) in [5.41, 5.74) is 3.14. The zero-order chi connectivity index (χ0) is 14.1. The molecule has 1 atom stereocenters. The maximum absolute atomic E-state index is 5.89. The van der Waals surface area contributed by atoms with E-state index in [1.165, 1.54) is 12.0 Å². The average Bonchev–Trinajstić information content (AvgIpc) is 3.00. The molecule has 0 N–H and O–H groups in total. The first kappa shape index (κ1) is 12.4. The topological polar surface area (TPSA) is 42.2 Å². The molecule has 0 unspecified atom stereocenters. The molecular weight excluding hydrogens is 262 g/mol. The van der Waals surface area contributed by atoms with Crippen LogP contribution in [0.25, 0.3) is 11.1 Å². The molecule has 1 fully saturated rings. The number of oxazole rings is 1. The Morgan fingerprint density at radius 3 is 2.81 bits per heavy atom. The third-order valence-corrected chi connectivity index (χ3v) is 4.15. The number of anilines is 1. The van der Waals surface area contributed by atoms with Gasteiger partial charge in [0, 0.05) is 31.4 Å². The summed E-state index contributed by atoms with van der Waals surface area (Å²) in [6.45, 7) is 1.96. The van der Waals surface area contributed by atoms with Crippen LogP contribution >= 0.6 is 0 Å². The standard InChI is InChI=1S/C17H17N3O/c1-2-6-16-15(5-1)19-17(21-16)20-11-3-4-14(12-20)13-7-9-18-10-8-13/h1-2,5-10,14H,3-4,11-12H2/t14-/m1/s1. The molecule has 1 aromatic carbocycles. The van der Waals surface area contributed by atoms with Crippen LogP contribution in [-0.2, 0) is 0 Å². The highest BCUT2D eigenvalue weighted by Crippen LogP contribution is 2.30. The van der Waals surface area contributed by atoms with Crippen molar-refractivity contribution in [3.8, 4) is 0 Å². The zero-order valence-electron chi connectivity index (χ0n) is 11.8. The zero-order valence-corrected chi connectivity index (χ0v) is 11.8. The van der Waals surface area contributed by atoms with Crippen molar-refractivity contribution in [1.29, 1.82) is 0 Å². The summed E-state index contributed by atoms with van der Waals surface area (Å²) < 4.78 is 5.89. The van der Waals surface area contributed by atoms with E-state index in [1.807, 2.05) is 36.7 Å². The van der Waals surface area contributed by atoms with Crippen LogP contribution in [0.2, 0.25) is 0 Å². The second-order valence-electron chi connectivity index (χ2n) is 5.53. The lowest BCUT2D eigenvalue weighted by atomic mass is 9.91. The Labute approximate surface area is 123 Å². The molecule has 3 aromatic rings. The van der Waals surface area contributed by atoms with Crippen LogP contribution in [0.1, 0.15) is 24.3 Å². The molecule has 1 saturated heterocycles. The third-order valence-electron chi connectivity index (χ3n) is 4.15. The highest BCUT2D eigenvalue weighted by atomic mass is 16.4. The number of hydrogen-bond donors (Lipinski definition) is 0. The Morgan fingerprint density at radius 2 is 1.95 bits per heavy atom. The van der Waals surface area contributed by atoms with Crippen LogP contribution < -0.4 is 4.90 Å². The lowest BCUT2D eigenvalue weighted by Crippen LogP contribution is -2.34. The van der Waals surface area contributed by atoms with Crippen molar-refractivity contribution in [3.05, 3.63) is 54.4 Å². The van der Waals surface area contributed by atoms with Gasteiger partial charge in [-0.15, -0.1) is 0 Å². The summed E-state index contributed by atoms with van der Waals surface area (Å²) in [7, 11) is 0. The minimum Gasteiger partial charge on any atom is -0.423 e. The molecule has 106 valence electrons. The summed E-state index contributed by atoms with van der Waals surface area (Å²) in [4.78, 5) is 11.0.